The molecular weight excluding hydrogens is 324 g/mol. The lowest BCUT2D eigenvalue weighted by Gasteiger charge is -2.21. The minimum Gasteiger partial charge on any atom is -0.480 e. The highest BCUT2D eigenvalue weighted by molar-refractivity contribution is 5.97. The molecule has 0 aliphatic heterocycles. The second-order valence-electron chi connectivity index (χ2n) is 6.29. The van der Waals surface area contributed by atoms with Crippen LogP contribution in [0.1, 0.15) is 36.2 Å². The quantitative estimate of drug-likeness (QED) is 0.711. The van der Waals surface area contributed by atoms with Gasteiger partial charge in [-0.1, -0.05) is 13.8 Å². The smallest absolute Gasteiger partial charge is 0.323 e. The van der Waals surface area contributed by atoms with Gasteiger partial charge in [0.05, 0.1) is 6.61 Å². The largest absolute Gasteiger partial charge is 0.480 e. The summed E-state index contributed by atoms with van der Waals surface area (Å²) in [6, 6.07) is 4.90. The summed E-state index contributed by atoms with van der Waals surface area (Å²) in [5.74, 6) is -1.29. The number of hydrogen-bond acceptors (Lipinski definition) is 4. The minimum atomic E-state index is -1.08. The molecule has 0 atom stereocenters. The van der Waals surface area contributed by atoms with Crippen molar-refractivity contribution < 1.29 is 24.2 Å². The fraction of sp³-hybridized carbons (Fsp3) is 0.500. The number of anilines is 1. The number of ether oxygens (including phenoxy) is 1. The number of hydrogen-bond donors (Lipinski definition) is 2. The molecule has 0 aromatic heterocycles. The van der Waals surface area contributed by atoms with Gasteiger partial charge in [0.15, 0.2) is 0 Å². The Bertz CT molecular complexity index is 628. The number of carbonyl (C=O) groups is 3. The highest BCUT2D eigenvalue weighted by atomic mass is 16.5. The number of nitrogens with one attached hydrogen (secondary N) is 1. The van der Waals surface area contributed by atoms with Gasteiger partial charge in [-0.3, -0.25) is 14.4 Å². The molecule has 0 unspecified atom stereocenters. The van der Waals surface area contributed by atoms with E-state index in [9.17, 15) is 14.4 Å². The van der Waals surface area contributed by atoms with Gasteiger partial charge >= 0.3 is 5.97 Å². The average molecular weight is 350 g/mol. The van der Waals surface area contributed by atoms with E-state index in [1.807, 2.05) is 13.8 Å². The first-order chi connectivity index (χ1) is 11.7. The number of carbonyl (C=O) groups excluding carboxylic acids is 2. The Morgan fingerprint density at radius 1 is 1.28 bits per heavy atom. The third-order valence-electron chi connectivity index (χ3n) is 3.52. The first kappa shape index (κ1) is 20.6. The Morgan fingerprint density at radius 3 is 2.48 bits per heavy atom. The fourth-order valence-electron chi connectivity index (χ4n) is 2.31. The standard InChI is InChI=1S/C18H26N2O5/c1-12(2)9-16(21)19-15-6-5-14(10-13(15)3)18(24)20(7-8-25-4)11-17(22)23/h5-6,10,12H,7-9,11H2,1-4H3,(H,19,21)(H,22,23). The van der Waals surface area contributed by atoms with Crippen molar-refractivity contribution in [2.45, 2.75) is 27.2 Å². The summed E-state index contributed by atoms with van der Waals surface area (Å²) in [4.78, 5) is 36.6. The summed E-state index contributed by atoms with van der Waals surface area (Å²) in [6.45, 7) is 5.76. The molecule has 0 spiro atoms. The molecule has 1 aromatic rings. The second kappa shape index (κ2) is 9.78. The van der Waals surface area contributed by atoms with Crippen LogP contribution in [-0.4, -0.2) is 54.6 Å². The van der Waals surface area contributed by atoms with Gasteiger partial charge in [0.1, 0.15) is 6.54 Å². The molecule has 2 amide bonds. The monoisotopic (exact) mass is 350 g/mol. The summed E-state index contributed by atoms with van der Waals surface area (Å²) in [7, 11) is 1.49. The van der Waals surface area contributed by atoms with E-state index in [2.05, 4.69) is 5.32 Å². The van der Waals surface area contributed by atoms with Gasteiger partial charge in [-0.25, -0.2) is 0 Å². The number of amides is 2. The van der Waals surface area contributed by atoms with Crippen LogP contribution in [0.4, 0.5) is 5.69 Å². The lowest BCUT2D eigenvalue weighted by molar-refractivity contribution is -0.137. The van der Waals surface area contributed by atoms with Crippen LogP contribution in [0.3, 0.4) is 0 Å². The van der Waals surface area contributed by atoms with Crippen LogP contribution in [0.5, 0.6) is 0 Å². The molecule has 0 bridgehead atoms. The van der Waals surface area contributed by atoms with Crippen LogP contribution < -0.4 is 5.32 Å². The van der Waals surface area contributed by atoms with Crippen LogP contribution in [-0.2, 0) is 14.3 Å². The third kappa shape index (κ3) is 6.93. The molecule has 0 aliphatic carbocycles. The Hall–Kier alpha value is -2.41. The molecular formula is C18H26N2O5. The number of nitrogens with zero attached hydrogens (tertiary/aromatic N) is 1. The fourth-order valence-corrected chi connectivity index (χ4v) is 2.31. The number of methoxy groups -OCH3 is 1. The van der Waals surface area contributed by atoms with Gasteiger partial charge in [-0.15, -0.1) is 0 Å². The molecule has 0 radical (unpaired) electrons. The number of aryl methyl sites for hydroxylation is 1. The highest BCUT2D eigenvalue weighted by Crippen LogP contribution is 2.18. The predicted octanol–water partition coefficient (Wildman–Crippen LogP) is 2.15. The van der Waals surface area contributed by atoms with Gasteiger partial charge in [0.2, 0.25) is 5.91 Å². The van der Waals surface area contributed by atoms with E-state index in [-0.39, 0.29) is 30.9 Å². The molecule has 0 fully saturated rings. The number of aliphatic carboxylic acids is 1. The Morgan fingerprint density at radius 2 is 1.96 bits per heavy atom. The zero-order chi connectivity index (χ0) is 19.0. The van der Waals surface area contributed by atoms with Gasteiger partial charge in [0.25, 0.3) is 5.91 Å². The predicted molar refractivity (Wildman–Crippen MR) is 94.7 cm³/mol. The molecule has 0 saturated carbocycles. The first-order valence-corrected chi connectivity index (χ1v) is 8.15. The normalized spacial score (nSPS) is 10.6. The van der Waals surface area contributed by atoms with Crippen LogP contribution in [0.2, 0.25) is 0 Å². The second-order valence-corrected chi connectivity index (χ2v) is 6.29. The lowest BCUT2D eigenvalue weighted by Crippen LogP contribution is -2.38. The number of carboxylic acid groups (broad SMARTS) is 1. The minimum absolute atomic E-state index is 0.0789. The van der Waals surface area contributed by atoms with E-state index < -0.39 is 12.5 Å². The van der Waals surface area contributed by atoms with Crippen molar-refractivity contribution >= 4 is 23.5 Å². The van der Waals surface area contributed by atoms with Crippen LogP contribution in [0.15, 0.2) is 18.2 Å². The summed E-state index contributed by atoms with van der Waals surface area (Å²) in [5, 5.41) is 11.8. The number of benzene rings is 1. The van der Waals surface area contributed by atoms with Crippen molar-refractivity contribution in [1.82, 2.24) is 4.90 Å². The Labute approximate surface area is 148 Å². The zero-order valence-corrected chi connectivity index (χ0v) is 15.2. The highest BCUT2D eigenvalue weighted by Gasteiger charge is 2.19. The van der Waals surface area contributed by atoms with Gasteiger partial charge < -0.3 is 20.1 Å². The van der Waals surface area contributed by atoms with Gasteiger partial charge in [-0.2, -0.15) is 0 Å². The number of rotatable bonds is 9. The number of carboxylic acids is 1. The van der Waals surface area contributed by atoms with Crippen molar-refractivity contribution in [1.29, 1.82) is 0 Å². The molecule has 0 aliphatic rings. The maximum absolute atomic E-state index is 12.5. The molecule has 25 heavy (non-hydrogen) atoms. The average Bonchev–Trinajstić information content (AvgIpc) is 2.51. The van der Waals surface area contributed by atoms with E-state index in [0.717, 1.165) is 5.56 Å². The van der Waals surface area contributed by atoms with E-state index in [1.165, 1.54) is 12.0 Å². The third-order valence-corrected chi connectivity index (χ3v) is 3.52. The SMILES string of the molecule is COCCN(CC(=O)O)C(=O)c1ccc(NC(=O)CC(C)C)c(C)c1. The maximum Gasteiger partial charge on any atom is 0.323 e. The van der Waals surface area contributed by atoms with Gasteiger partial charge in [0, 0.05) is 31.3 Å². The molecule has 2 N–H and O–H groups in total. The van der Waals surface area contributed by atoms with E-state index in [0.29, 0.717) is 17.7 Å². The van der Waals surface area contributed by atoms with Crippen LogP contribution >= 0.6 is 0 Å². The molecule has 1 aromatic carbocycles. The molecule has 7 nitrogen and oxygen atoms in total. The molecule has 138 valence electrons. The molecule has 1 rings (SSSR count). The zero-order valence-electron chi connectivity index (χ0n) is 15.2. The summed E-state index contributed by atoms with van der Waals surface area (Å²) < 4.78 is 4.92. The van der Waals surface area contributed by atoms with Crippen molar-refractivity contribution in [3.05, 3.63) is 29.3 Å². The lowest BCUT2D eigenvalue weighted by atomic mass is 10.1. The maximum atomic E-state index is 12.5. The summed E-state index contributed by atoms with van der Waals surface area (Å²) in [5.41, 5.74) is 1.76. The molecule has 0 saturated heterocycles. The summed E-state index contributed by atoms with van der Waals surface area (Å²) >= 11 is 0. The van der Waals surface area contributed by atoms with Gasteiger partial charge in [-0.05, 0) is 36.6 Å². The Kier molecular flexibility index (Phi) is 8.07. The van der Waals surface area contributed by atoms with Crippen molar-refractivity contribution in [2.24, 2.45) is 5.92 Å². The van der Waals surface area contributed by atoms with Crippen LogP contribution in [0.25, 0.3) is 0 Å². The molecule has 7 heteroatoms. The van der Waals surface area contributed by atoms with Crippen LogP contribution in [0, 0.1) is 12.8 Å². The summed E-state index contributed by atoms with van der Waals surface area (Å²) in [6.07, 6.45) is 0.420. The van der Waals surface area contributed by atoms with E-state index in [1.54, 1.807) is 25.1 Å². The van der Waals surface area contributed by atoms with E-state index >= 15 is 0 Å². The van der Waals surface area contributed by atoms with Crippen molar-refractivity contribution in [3.63, 3.8) is 0 Å². The van der Waals surface area contributed by atoms with E-state index in [4.69, 9.17) is 9.84 Å². The molecule has 0 heterocycles. The topological polar surface area (TPSA) is 95.9 Å². The Balaban J connectivity index is 2.90. The first-order valence-electron chi connectivity index (χ1n) is 8.15. The van der Waals surface area contributed by atoms with Crippen molar-refractivity contribution in [2.75, 3.05) is 32.1 Å². The van der Waals surface area contributed by atoms with Crippen molar-refractivity contribution in [3.8, 4) is 0 Å².